The zero-order chi connectivity index (χ0) is 13.6. The molecule has 1 fully saturated rings. The molecule has 0 amide bonds. The Morgan fingerprint density at radius 1 is 1.44 bits per heavy atom. The topological polar surface area (TPSA) is 145 Å². The minimum atomic E-state index is -5.00. The Kier molecular flexibility index (Phi) is 3.32. The zero-order valence-corrected chi connectivity index (χ0v) is 9.96. The van der Waals surface area contributed by atoms with Gasteiger partial charge in [-0.25, -0.2) is 4.98 Å². The van der Waals surface area contributed by atoms with Crippen LogP contribution >= 0.6 is 7.60 Å². The molecule has 1 aliphatic heterocycles. The van der Waals surface area contributed by atoms with Gasteiger partial charge in [0.1, 0.15) is 18.3 Å². The van der Waals surface area contributed by atoms with Crippen molar-refractivity contribution in [3.05, 3.63) is 18.7 Å². The molecule has 5 N–H and O–H groups in total. The van der Waals surface area contributed by atoms with Crippen molar-refractivity contribution in [1.82, 2.24) is 9.55 Å². The second-order valence-electron chi connectivity index (χ2n) is 3.95. The van der Waals surface area contributed by atoms with E-state index in [1.54, 1.807) is 0 Å². The number of nitrogens with zero attached hydrogens (tertiary/aromatic N) is 2. The molecule has 2 rings (SSSR count). The van der Waals surface area contributed by atoms with E-state index in [4.69, 9.17) is 9.84 Å². The quantitative estimate of drug-likeness (QED) is 0.391. The van der Waals surface area contributed by atoms with Crippen molar-refractivity contribution in [2.45, 2.75) is 23.8 Å². The summed E-state index contributed by atoms with van der Waals surface area (Å²) in [6.45, 7) is -0.686. The zero-order valence-electron chi connectivity index (χ0n) is 9.07. The molecule has 0 aromatic carbocycles. The number of rotatable bonds is 3. The van der Waals surface area contributed by atoms with Crippen molar-refractivity contribution in [2.24, 2.45) is 0 Å². The van der Waals surface area contributed by atoms with Gasteiger partial charge in [0, 0.05) is 12.4 Å². The predicted molar refractivity (Wildman–Crippen MR) is 56.2 cm³/mol. The summed E-state index contributed by atoms with van der Waals surface area (Å²) >= 11 is 0. The highest BCUT2D eigenvalue weighted by molar-refractivity contribution is 7.52. The van der Waals surface area contributed by atoms with E-state index in [1.165, 1.54) is 12.4 Å². The van der Waals surface area contributed by atoms with Crippen molar-refractivity contribution < 1.29 is 34.4 Å². The molecule has 10 heteroatoms. The number of aromatic nitrogens is 2. The fourth-order valence-corrected chi connectivity index (χ4v) is 3.18. The summed E-state index contributed by atoms with van der Waals surface area (Å²) in [5.41, 5.74) is -2.48. The molecule has 4 atom stereocenters. The second-order valence-corrected chi connectivity index (χ2v) is 5.68. The van der Waals surface area contributed by atoms with Gasteiger partial charge in [0.05, 0.1) is 12.9 Å². The second kappa shape index (κ2) is 4.39. The first kappa shape index (κ1) is 13.6. The van der Waals surface area contributed by atoms with Crippen molar-refractivity contribution in [2.75, 3.05) is 6.61 Å². The molecule has 0 radical (unpaired) electrons. The van der Waals surface area contributed by atoms with Crippen LogP contribution in [0.3, 0.4) is 0 Å². The van der Waals surface area contributed by atoms with Gasteiger partial charge in [-0.05, 0) is 0 Å². The lowest BCUT2D eigenvalue weighted by Crippen LogP contribution is -2.44. The summed E-state index contributed by atoms with van der Waals surface area (Å²) in [6, 6.07) is 0. The van der Waals surface area contributed by atoms with E-state index in [-0.39, 0.29) is 0 Å². The van der Waals surface area contributed by atoms with E-state index < -0.39 is 38.0 Å². The lowest BCUT2D eigenvalue weighted by Gasteiger charge is -2.33. The average molecular weight is 280 g/mol. The molecular formula is C8H13N2O7P. The molecule has 0 saturated carbocycles. The van der Waals surface area contributed by atoms with Gasteiger partial charge >= 0.3 is 7.60 Å². The van der Waals surface area contributed by atoms with E-state index in [9.17, 15) is 24.6 Å². The van der Waals surface area contributed by atoms with Crippen LogP contribution in [0.25, 0.3) is 0 Å². The Morgan fingerprint density at radius 3 is 2.50 bits per heavy atom. The molecule has 1 aromatic rings. The Labute approximate surface area is 101 Å². The van der Waals surface area contributed by atoms with Gasteiger partial charge in [0.25, 0.3) is 5.47 Å². The van der Waals surface area contributed by atoms with Gasteiger partial charge in [-0.1, -0.05) is 0 Å². The van der Waals surface area contributed by atoms with Crippen molar-refractivity contribution in [3.8, 4) is 0 Å². The van der Waals surface area contributed by atoms with E-state index in [0.717, 1.165) is 10.9 Å². The minimum absolute atomic E-state index is 0.686. The van der Waals surface area contributed by atoms with Crippen molar-refractivity contribution >= 4 is 7.60 Å². The molecule has 0 spiro atoms. The molecule has 18 heavy (non-hydrogen) atoms. The van der Waals surface area contributed by atoms with E-state index in [1.807, 2.05) is 0 Å². The molecular weight excluding hydrogens is 267 g/mol. The number of imidazole rings is 1. The van der Waals surface area contributed by atoms with Crippen LogP contribution in [0.4, 0.5) is 0 Å². The normalized spacial score (nSPS) is 37.1. The van der Waals surface area contributed by atoms with Crippen LogP contribution in [-0.2, 0) is 14.8 Å². The molecule has 1 unspecified atom stereocenters. The van der Waals surface area contributed by atoms with Gasteiger partial charge in [-0.15, -0.1) is 0 Å². The number of aliphatic hydroxyl groups is 3. The van der Waals surface area contributed by atoms with Crippen LogP contribution in [0.2, 0.25) is 0 Å². The standard InChI is InChI=1S/C8H13N2O7P/c11-3-5-6(12)7(13)8(17-5,18(14,15)16)10-2-1-9-4-10/h1-2,4-7,11-13H,3H2,(H2,14,15,16)/t5-,6-,7-,8?/m1/s1. The third-order valence-corrected chi connectivity index (χ3v) is 4.32. The van der Waals surface area contributed by atoms with Gasteiger partial charge in [-0.3, -0.25) is 9.13 Å². The van der Waals surface area contributed by atoms with Crippen LogP contribution in [-0.4, -0.2) is 59.6 Å². The summed E-state index contributed by atoms with van der Waals surface area (Å²) < 4.78 is 17.6. The third kappa shape index (κ3) is 1.72. The van der Waals surface area contributed by atoms with Crippen LogP contribution in [0.5, 0.6) is 0 Å². The molecule has 1 aliphatic rings. The Hall–Kier alpha value is -0.800. The monoisotopic (exact) mass is 280 g/mol. The third-order valence-electron chi connectivity index (χ3n) is 2.89. The largest absolute Gasteiger partial charge is 0.394 e. The number of hydrogen-bond acceptors (Lipinski definition) is 6. The first-order valence-corrected chi connectivity index (χ1v) is 6.64. The molecule has 102 valence electrons. The lowest BCUT2D eigenvalue weighted by molar-refractivity contribution is -0.100. The summed E-state index contributed by atoms with van der Waals surface area (Å²) in [4.78, 5) is 22.5. The lowest BCUT2D eigenvalue weighted by atomic mass is 10.1. The van der Waals surface area contributed by atoms with Gasteiger partial charge in [-0.2, -0.15) is 0 Å². The molecule has 0 aliphatic carbocycles. The maximum atomic E-state index is 11.6. The maximum absolute atomic E-state index is 11.6. The summed E-state index contributed by atoms with van der Waals surface area (Å²) in [6.07, 6.45) is -1.33. The van der Waals surface area contributed by atoms with E-state index in [2.05, 4.69) is 4.98 Å². The predicted octanol–water partition coefficient (Wildman–Crippen LogP) is -2.22. The van der Waals surface area contributed by atoms with Crippen molar-refractivity contribution in [3.63, 3.8) is 0 Å². The van der Waals surface area contributed by atoms with Crippen molar-refractivity contribution in [1.29, 1.82) is 0 Å². The fourth-order valence-electron chi connectivity index (χ4n) is 1.99. The van der Waals surface area contributed by atoms with E-state index >= 15 is 0 Å². The first-order chi connectivity index (χ1) is 8.34. The highest BCUT2D eigenvalue weighted by Crippen LogP contribution is 2.60. The molecule has 1 aromatic heterocycles. The smallest absolute Gasteiger partial charge is 0.381 e. The van der Waals surface area contributed by atoms with Crippen LogP contribution in [0, 0.1) is 0 Å². The van der Waals surface area contributed by atoms with Gasteiger partial charge < -0.3 is 29.8 Å². The highest BCUT2D eigenvalue weighted by atomic mass is 31.2. The van der Waals surface area contributed by atoms with E-state index in [0.29, 0.717) is 0 Å². The summed E-state index contributed by atoms with van der Waals surface area (Å²) in [5, 5.41) is 28.5. The molecule has 2 heterocycles. The number of aliphatic hydroxyl groups excluding tert-OH is 3. The Balaban J connectivity index is 2.56. The van der Waals surface area contributed by atoms with Crippen LogP contribution in [0.15, 0.2) is 18.7 Å². The molecule has 0 bridgehead atoms. The fraction of sp³-hybridized carbons (Fsp3) is 0.625. The molecule has 9 nitrogen and oxygen atoms in total. The number of hydrogen-bond donors (Lipinski definition) is 5. The minimum Gasteiger partial charge on any atom is -0.394 e. The van der Waals surface area contributed by atoms with Crippen LogP contribution in [0.1, 0.15) is 0 Å². The summed E-state index contributed by atoms with van der Waals surface area (Å²) in [7, 11) is -5.00. The molecule has 1 saturated heterocycles. The Morgan fingerprint density at radius 2 is 2.11 bits per heavy atom. The maximum Gasteiger partial charge on any atom is 0.381 e. The van der Waals surface area contributed by atoms with Crippen LogP contribution < -0.4 is 0 Å². The number of ether oxygens (including phenoxy) is 1. The first-order valence-electron chi connectivity index (χ1n) is 5.03. The highest BCUT2D eigenvalue weighted by Gasteiger charge is 2.65. The summed E-state index contributed by atoms with van der Waals surface area (Å²) in [5.74, 6) is 0. The Bertz CT molecular complexity index is 460. The van der Waals surface area contributed by atoms with Gasteiger partial charge in [0.2, 0.25) is 0 Å². The SMILES string of the molecule is O=P(O)(O)C1(n2ccnc2)O[C@H](CO)[C@@H](O)[C@H]1O. The average Bonchev–Trinajstić information content (AvgIpc) is 2.88. The van der Waals surface area contributed by atoms with Gasteiger partial charge in [0.15, 0.2) is 0 Å².